The maximum atomic E-state index is 13.8. The summed E-state index contributed by atoms with van der Waals surface area (Å²) in [7, 11) is 0. The number of rotatable bonds is 2. The molecule has 0 bridgehead atoms. The van der Waals surface area contributed by atoms with Crippen molar-refractivity contribution >= 4 is 44.2 Å². The average Bonchev–Trinajstić information content (AvgIpc) is 2.81. The quantitative estimate of drug-likeness (QED) is 0.650. The third-order valence-electron chi connectivity index (χ3n) is 3.06. The zero-order valence-electron chi connectivity index (χ0n) is 10.1. The summed E-state index contributed by atoms with van der Waals surface area (Å²) in [5.74, 6) is -0.990. The second kappa shape index (κ2) is 5.04. The third kappa shape index (κ3) is 2.25. The van der Waals surface area contributed by atoms with Gasteiger partial charge in [0.25, 0.3) is 0 Å². The Hall–Kier alpha value is -1.65. The highest BCUT2D eigenvalue weighted by Crippen LogP contribution is 2.26. The molecule has 0 unspecified atom stereocenters. The van der Waals surface area contributed by atoms with Gasteiger partial charge in [-0.2, -0.15) is 0 Å². The molecule has 2 nitrogen and oxygen atoms in total. The highest BCUT2D eigenvalue weighted by Gasteiger charge is 2.18. The predicted molar refractivity (Wildman–Crippen MR) is 80.8 cm³/mol. The molecule has 0 amide bonds. The van der Waals surface area contributed by atoms with Gasteiger partial charge in [0.2, 0.25) is 0 Å². The molecule has 100 valence electrons. The van der Waals surface area contributed by atoms with Crippen LogP contribution in [0.4, 0.5) is 4.39 Å². The molecule has 0 saturated carbocycles. The van der Waals surface area contributed by atoms with E-state index in [1.54, 1.807) is 6.20 Å². The normalized spacial score (nSPS) is 10.9. The number of H-pyrrole nitrogens is 1. The molecular weight excluding hydrogens is 345 g/mol. The Bertz CT molecular complexity index is 828. The number of aromatic nitrogens is 1. The van der Waals surface area contributed by atoms with E-state index in [-0.39, 0.29) is 16.4 Å². The fourth-order valence-corrected chi connectivity index (χ4v) is 2.62. The number of halogens is 3. The van der Waals surface area contributed by atoms with Crippen LogP contribution in [0.2, 0.25) is 5.02 Å². The van der Waals surface area contributed by atoms with Crippen molar-refractivity contribution in [1.29, 1.82) is 0 Å². The van der Waals surface area contributed by atoms with Gasteiger partial charge in [-0.25, -0.2) is 4.39 Å². The first-order valence-corrected chi connectivity index (χ1v) is 7.00. The average molecular weight is 353 g/mol. The van der Waals surface area contributed by atoms with Crippen molar-refractivity contribution in [3.05, 3.63) is 69.0 Å². The number of carbonyl (C=O) groups is 1. The Morgan fingerprint density at radius 3 is 2.70 bits per heavy atom. The molecule has 0 saturated heterocycles. The molecule has 1 heterocycles. The molecule has 1 aromatic heterocycles. The molecule has 3 rings (SSSR count). The molecule has 3 aromatic rings. The molecule has 1 N–H and O–H groups in total. The minimum atomic E-state index is -0.619. The van der Waals surface area contributed by atoms with Crippen LogP contribution in [0.5, 0.6) is 0 Å². The third-order valence-corrected chi connectivity index (χ3v) is 3.79. The molecule has 0 aliphatic heterocycles. The number of hydrogen-bond donors (Lipinski definition) is 1. The summed E-state index contributed by atoms with van der Waals surface area (Å²) < 4.78 is 14.7. The summed E-state index contributed by atoms with van der Waals surface area (Å²) in [6.07, 6.45) is 1.59. The molecule has 20 heavy (non-hydrogen) atoms. The molecule has 0 spiro atoms. The maximum Gasteiger partial charge on any atom is 0.198 e. The number of fused-ring (bicyclic) bond motifs is 1. The Morgan fingerprint density at radius 1 is 1.15 bits per heavy atom. The van der Waals surface area contributed by atoms with Gasteiger partial charge in [0.1, 0.15) is 5.82 Å². The van der Waals surface area contributed by atoms with E-state index in [9.17, 15) is 9.18 Å². The van der Waals surface area contributed by atoms with Crippen molar-refractivity contribution in [2.45, 2.75) is 0 Å². The Labute approximate surface area is 127 Å². The van der Waals surface area contributed by atoms with Gasteiger partial charge < -0.3 is 4.98 Å². The van der Waals surface area contributed by atoms with Crippen molar-refractivity contribution < 1.29 is 9.18 Å². The number of aromatic amines is 1. The summed E-state index contributed by atoms with van der Waals surface area (Å²) >= 11 is 9.06. The maximum absolute atomic E-state index is 13.8. The van der Waals surface area contributed by atoms with E-state index in [1.165, 1.54) is 12.1 Å². The minimum Gasteiger partial charge on any atom is -0.360 e. The van der Waals surface area contributed by atoms with Gasteiger partial charge in [-0.1, -0.05) is 27.5 Å². The van der Waals surface area contributed by atoms with Crippen LogP contribution in [0.25, 0.3) is 10.9 Å². The second-order valence-electron chi connectivity index (χ2n) is 4.35. The van der Waals surface area contributed by atoms with E-state index in [2.05, 4.69) is 20.9 Å². The van der Waals surface area contributed by atoms with Gasteiger partial charge in [0.15, 0.2) is 5.78 Å². The summed E-state index contributed by atoms with van der Waals surface area (Å²) in [6.45, 7) is 0. The zero-order valence-corrected chi connectivity index (χ0v) is 12.4. The van der Waals surface area contributed by atoms with Crippen molar-refractivity contribution in [3.63, 3.8) is 0 Å². The van der Waals surface area contributed by atoms with Crippen LogP contribution in [0.15, 0.2) is 47.1 Å². The van der Waals surface area contributed by atoms with E-state index < -0.39 is 5.82 Å². The lowest BCUT2D eigenvalue weighted by Crippen LogP contribution is -2.03. The fourth-order valence-electron chi connectivity index (χ4n) is 2.10. The number of benzene rings is 2. The van der Waals surface area contributed by atoms with Crippen LogP contribution >= 0.6 is 27.5 Å². The summed E-state index contributed by atoms with van der Waals surface area (Å²) in [5, 5.41) is 1.01. The second-order valence-corrected chi connectivity index (χ2v) is 5.70. The van der Waals surface area contributed by atoms with E-state index in [4.69, 9.17) is 11.6 Å². The molecule has 5 heteroatoms. The summed E-state index contributed by atoms with van der Waals surface area (Å²) in [5.41, 5.74) is 1.27. The van der Waals surface area contributed by atoms with Gasteiger partial charge in [-0.15, -0.1) is 0 Å². The highest BCUT2D eigenvalue weighted by atomic mass is 79.9. The standard InChI is InChI=1S/C15H8BrClFNO/c16-8-1-4-14-11(5-8)12(7-19-14)15(20)10-3-2-9(17)6-13(10)18/h1-7,19H. The van der Waals surface area contributed by atoms with Crippen molar-refractivity contribution in [2.75, 3.05) is 0 Å². The first-order chi connectivity index (χ1) is 9.56. The lowest BCUT2D eigenvalue weighted by atomic mass is 10.0. The minimum absolute atomic E-state index is 0.00951. The Kier molecular flexibility index (Phi) is 3.36. The van der Waals surface area contributed by atoms with Crippen LogP contribution in [-0.4, -0.2) is 10.8 Å². The fraction of sp³-hybridized carbons (Fsp3) is 0. The molecule has 0 radical (unpaired) electrons. The van der Waals surface area contributed by atoms with Crippen LogP contribution in [-0.2, 0) is 0 Å². The first-order valence-electron chi connectivity index (χ1n) is 5.82. The van der Waals surface area contributed by atoms with Gasteiger partial charge in [-0.05, 0) is 36.4 Å². The molecular formula is C15H8BrClFNO. The smallest absolute Gasteiger partial charge is 0.198 e. The van der Waals surface area contributed by atoms with E-state index in [0.717, 1.165) is 21.4 Å². The molecule has 0 aliphatic rings. The van der Waals surface area contributed by atoms with E-state index in [1.807, 2.05) is 18.2 Å². The predicted octanol–water partition coefficient (Wildman–Crippen LogP) is 4.95. The van der Waals surface area contributed by atoms with E-state index >= 15 is 0 Å². The van der Waals surface area contributed by atoms with Gasteiger partial charge in [-0.3, -0.25) is 4.79 Å². The topological polar surface area (TPSA) is 32.9 Å². The van der Waals surface area contributed by atoms with Crippen LogP contribution in [0, 0.1) is 5.82 Å². The van der Waals surface area contributed by atoms with Gasteiger partial charge >= 0.3 is 0 Å². The monoisotopic (exact) mass is 351 g/mol. The summed E-state index contributed by atoms with van der Waals surface area (Å²) in [4.78, 5) is 15.5. The SMILES string of the molecule is O=C(c1ccc(Cl)cc1F)c1c[nH]c2ccc(Br)cc12. The van der Waals surface area contributed by atoms with Crippen LogP contribution < -0.4 is 0 Å². The number of carbonyl (C=O) groups excluding carboxylic acids is 1. The lowest BCUT2D eigenvalue weighted by molar-refractivity contribution is 0.103. The molecule has 0 fully saturated rings. The summed E-state index contributed by atoms with van der Waals surface area (Å²) in [6, 6.07) is 9.59. The van der Waals surface area contributed by atoms with Gasteiger partial charge in [0.05, 0.1) is 5.56 Å². The lowest BCUT2D eigenvalue weighted by Gasteiger charge is -2.02. The highest BCUT2D eigenvalue weighted by molar-refractivity contribution is 9.10. The van der Waals surface area contributed by atoms with Crippen molar-refractivity contribution in [2.24, 2.45) is 0 Å². The van der Waals surface area contributed by atoms with Crippen LogP contribution in [0.1, 0.15) is 15.9 Å². The van der Waals surface area contributed by atoms with Crippen molar-refractivity contribution in [3.8, 4) is 0 Å². The van der Waals surface area contributed by atoms with E-state index in [0.29, 0.717) is 5.56 Å². The number of ketones is 1. The van der Waals surface area contributed by atoms with Crippen LogP contribution in [0.3, 0.4) is 0 Å². The van der Waals surface area contributed by atoms with Gasteiger partial charge in [0, 0.05) is 32.2 Å². The zero-order chi connectivity index (χ0) is 14.3. The largest absolute Gasteiger partial charge is 0.360 e. The first kappa shape index (κ1) is 13.3. The molecule has 0 atom stereocenters. The number of nitrogens with one attached hydrogen (secondary N) is 1. The Balaban J connectivity index is 2.15. The number of hydrogen-bond acceptors (Lipinski definition) is 1. The Morgan fingerprint density at radius 2 is 1.95 bits per heavy atom. The van der Waals surface area contributed by atoms with Crippen molar-refractivity contribution in [1.82, 2.24) is 4.98 Å². The molecule has 2 aromatic carbocycles. The molecule has 0 aliphatic carbocycles.